The van der Waals surface area contributed by atoms with E-state index in [-0.39, 0.29) is 12.1 Å². The van der Waals surface area contributed by atoms with Crippen LogP contribution in [0.4, 0.5) is 10.5 Å². The number of carbonyl (C=O) groups is 1. The van der Waals surface area contributed by atoms with Gasteiger partial charge in [0.15, 0.2) is 0 Å². The molecule has 0 bridgehead atoms. The fourth-order valence-corrected chi connectivity index (χ4v) is 3.89. The predicted octanol–water partition coefficient (Wildman–Crippen LogP) is 5.22. The van der Waals surface area contributed by atoms with Gasteiger partial charge in [-0.2, -0.15) is 0 Å². The Bertz CT molecular complexity index is 961. The maximum atomic E-state index is 13.3. The number of rotatable bonds is 4. The number of benzene rings is 2. The molecule has 29 heavy (non-hydrogen) atoms. The molecule has 0 saturated carbocycles. The Morgan fingerprint density at radius 3 is 2.55 bits per heavy atom. The van der Waals surface area contributed by atoms with Gasteiger partial charge >= 0.3 is 6.03 Å². The van der Waals surface area contributed by atoms with E-state index in [1.165, 1.54) is 5.56 Å². The molecule has 1 unspecified atom stereocenters. The first-order valence-corrected chi connectivity index (χ1v) is 10.2. The van der Waals surface area contributed by atoms with Gasteiger partial charge < -0.3 is 19.5 Å². The van der Waals surface area contributed by atoms with E-state index in [0.29, 0.717) is 13.2 Å². The predicted molar refractivity (Wildman–Crippen MR) is 115 cm³/mol. The van der Waals surface area contributed by atoms with E-state index < -0.39 is 0 Å². The zero-order valence-electron chi connectivity index (χ0n) is 17.0. The molecule has 1 aliphatic heterocycles. The SMILES string of the molecule is CCOc1ccc(NC(=O)N2CCCn3cccc3C2c2ccc(C)cc2)cc1. The van der Waals surface area contributed by atoms with Gasteiger partial charge in [-0.1, -0.05) is 29.8 Å². The first-order chi connectivity index (χ1) is 14.2. The lowest BCUT2D eigenvalue weighted by atomic mass is 10.0. The van der Waals surface area contributed by atoms with Crippen molar-refractivity contribution in [1.82, 2.24) is 9.47 Å². The standard InChI is InChI=1S/C24H27N3O2/c1-3-29-21-13-11-20(12-14-21)25-24(28)27-17-5-16-26-15-4-6-22(26)23(27)19-9-7-18(2)8-10-19/h4,6-15,23H,3,5,16-17H2,1-2H3,(H,25,28). The summed E-state index contributed by atoms with van der Waals surface area (Å²) >= 11 is 0. The highest BCUT2D eigenvalue weighted by atomic mass is 16.5. The van der Waals surface area contributed by atoms with E-state index in [9.17, 15) is 4.79 Å². The van der Waals surface area contributed by atoms with Crippen LogP contribution in [-0.4, -0.2) is 28.6 Å². The number of hydrogen-bond acceptors (Lipinski definition) is 2. The Balaban J connectivity index is 1.62. The van der Waals surface area contributed by atoms with Gasteiger partial charge in [0, 0.05) is 30.7 Å². The third-order valence-electron chi connectivity index (χ3n) is 5.33. The normalized spacial score (nSPS) is 16.1. The van der Waals surface area contributed by atoms with Crippen molar-refractivity contribution < 1.29 is 9.53 Å². The number of urea groups is 1. The van der Waals surface area contributed by atoms with Crippen LogP contribution < -0.4 is 10.1 Å². The van der Waals surface area contributed by atoms with Gasteiger partial charge in [-0.15, -0.1) is 0 Å². The minimum Gasteiger partial charge on any atom is -0.494 e. The van der Waals surface area contributed by atoms with E-state index in [4.69, 9.17) is 4.74 Å². The molecule has 1 N–H and O–H groups in total. The first-order valence-electron chi connectivity index (χ1n) is 10.2. The third-order valence-corrected chi connectivity index (χ3v) is 5.33. The molecule has 0 spiro atoms. The van der Waals surface area contributed by atoms with Crippen LogP contribution in [0.15, 0.2) is 66.9 Å². The molecule has 4 rings (SSSR count). The number of fused-ring (bicyclic) bond motifs is 1. The summed E-state index contributed by atoms with van der Waals surface area (Å²) in [5, 5.41) is 3.07. The Labute approximate surface area is 171 Å². The van der Waals surface area contributed by atoms with Crippen molar-refractivity contribution in [3.8, 4) is 5.75 Å². The quantitative estimate of drug-likeness (QED) is 0.665. The molecule has 1 atom stereocenters. The molecule has 0 radical (unpaired) electrons. The lowest BCUT2D eigenvalue weighted by molar-refractivity contribution is 0.199. The maximum absolute atomic E-state index is 13.3. The average Bonchev–Trinajstić information content (AvgIpc) is 3.10. The number of carbonyl (C=O) groups excluding carboxylic acids is 1. The zero-order chi connectivity index (χ0) is 20.2. The van der Waals surface area contributed by atoms with Gasteiger partial charge in [-0.25, -0.2) is 4.79 Å². The highest BCUT2D eigenvalue weighted by molar-refractivity contribution is 5.90. The molecule has 0 fully saturated rings. The number of nitrogens with one attached hydrogen (secondary N) is 1. The lowest BCUT2D eigenvalue weighted by Crippen LogP contribution is -2.38. The molecule has 5 nitrogen and oxygen atoms in total. The number of hydrogen-bond donors (Lipinski definition) is 1. The van der Waals surface area contributed by atoms with Gasteiger partial charge in [0.1, 0.15) is 5.75 Å². The summed E-state index contributed by atoms with van der Waals surface area (Å²) in [7, 11) is 0. The average molecular weight is 389 g/mol. The van der Waals surface area contributed by atoms with Crippen LogP contribution in [0, 0.1) is 6.92 Å². The molecule has 150 valence electrons. The Morgan fingerprint density at radius 1 is 1.07 bits per heavy atom. The fourth-order valence-electron chi connectivity index (χ4n) is 3.89. The van der Waals surface area contributed by atoms with Gasteiger partial charge in [-0.05, 0) is 62.2 Å². The minimum atomic E-state index is -0.115. The Morgan fingerprint density at radius 2 is 1.83 bits per heavy atom. The summed E-state index contributed by atoms with van der Waals surface area (Å²) in [6.45, 7) is 6.27. The van der Waals surface area contributed by atoms with Crippen molar-refractivity contribution in [2.24, 2.45) is 0 Å². The molecule has 0 saturated heterocycles. The van der Waals surface area contributed by atoms with E-state index in [2.05, 4.69) is 59.4 Å². The minimum absolute atomic E-state index is 0.0885. The van der Waals surface area contributed by atoms with Crippen LogP contribution >= 0.6 is 0 Å². The van der Waals surface area contributed by atoms with Crippen molar-refractivity contribution in [1.29, 1.82) is 0 Å². The zero-order valence-corrected chi connectivity index (χ0v) is 17.0. The summed E-state index contributed by atoms with van der Waals surface area (Å²) in [6.07, 6.45) is 3.02. The van der Waals surface area contributed by atoms with E-state index >= 15 is 0 Å². The lowest BCUT2D eigenvalue weighted by Gasteiger charge is -2.31. The van der Waals surface area contributed by atoms with Gasteiger partial charge in [0.25, 0.3) is 0 Å². The highest BCUT2D eigenvalue weighted by Gasteiger charge is 2.30. The van der Waals surface area contributed by atoms with E-state index in [1.807, 2.05) is 36.1 Å². The van der Waals surface area contributed by atoms with Crippen LogP contribution in [0.5, 0.6) is 5.75 Å². The van der Waals surface area contributed by atoms with Crippen LogP contribution in [0.1, 0.15) is 36.2 Å². The summed E-state index contributed by atoms with van der Waals surface area (Å²) in [5.74, 6) is 0.802. The maximum Gasteiger partial charge on any atom is 0.322 e. The van der Waals surface area contributed by atoms with Crippen molar-refractivity contribution in [3.05, 3.63) is 83.7 Å². The number of anilines is 1. The van der Waals surface area contributed by atoms with Gasteiger partial charge in [0.05, 0.1) is 12.6 Å². The van der Waals surface area contributed by atoms with Crippen LogP contribution in [0.3, 0.4) is 0 Å². The van der Waals surface area contributed by atoms with Crippen LogP contribution in [0.2, 0.25) is 0 Å². The molecule has 0 aliphatic carbocycles. The fraction of sp³-hybridized carbons (Fsp3) is 0.292. The molecule has 1 aromatic heterocycles. The molecule has 5 heteroatoms. The second-order valence-corrected chi connectivity index (χ2v) is 7.37. The molecular formula is C24H27N3O2. The molecule has 2 amide bonds. The van der Waals surface area contributed by atoms with Crippen LogP contribution in [-0.2, 0) is 6.54 Å². The summed E-state index contributed by atoms with van der Waals surface area (Å²) < 4.78 is 7.75. The number of aromatic nitrogens is 1. The van der Waals surface area contributed by atoms with Crippen molar-refractivity contribution in [2.75, 3.05) is 18.5 Å². The molecule has 2 heterocycles. The summed E-state index contributed by atoms with van der Waals surface area (Å²) in [6, 6.07) is 20.0. The molecule has 1 aliphatic rings. The monoisotopic (exact) mass is 389 g/mol. The Hall–Kier alpha value is -3.21. The second-order valence-electron chi connectivity index (χ2n) is 7.37. The smallest absolute Gasteiger partial charge is 0.322 e. The van der Waals surface area contributed by atoms with Crippen molar-refractivity contribution in [2.45, 2.75) is 32.9 Å². The number of amides is 2. The Kier molecular flexibility index (Phi) is 5.56. The van der Waals surface area contributed by atoms with E-state index in [0.717, 1.165) is 35.7 Å². The van der Waals surface area contributed by atoms with Crippen LogP contribution in [0.25, 0.3) is 0 Å². The first kappa shape index (κ1) is 19.1. The molecule has 2 aromatic carbocycles. The second kappa shape index (κ2) is 8.43. The molecular weight excluding hydrogens is 362 g/mol. The van der Waals surface area contributed by atoms with Gasteiger partial charge in [-0.3, -0.25) is 0 Å². The topological polar surface area (TPSA) is 46.5 Å². The van der Waals surface area contributed by atoms with Crippen molar-refractivity contribution >= 4 is 11.7 Å². The largest absolute Gasteiger partial charge is 0.494 e. The van der Waals surface area contributed by atoms with Crippen molar-refractivity contribution in [3.63, 3.8) is 0 Å². The summed E-state index contributed by atoms with van der Waals surface area (Å²) in [5.41, 5.74) is 4.25. The number of nitrogens with zero attached hydrogens (tertiary/aromatic N) is 2. The summed E-state index contributed by atoms with van der Waals surface area (Å²) in [4.78, 5) is 15.2. The number of aryl methyl sites for hydroxylation is 2. The molecule has 3 aromatic rings. The highest BCUT2D eigenvalue weighted by Crippen LogP contribution is 2.32. The third kappa shape index (κ3) is 4.14. The van der Waals surface area contributed by atoms with E-state index in [1.54, 1.807) is 0 Å². The number of ether oxygens (including phenoxy) is 1. The van der Waals surface area contributed by atoms with Gasteiger partial charge in [0.2, 0.25) is 0 Å².